The fourth-order valence-electron chi connectivity index (χ4n) is 2.14. The SMILES string of the molecule is COc1ccccc1C=C1SC(=Nc2ccc(C)cc2)NC1=O. The first-order valence-corrected chi connectivity index (χ1v) is 7.96. The zero-order chi connectivity index (χ0) is 16.2. The zero-order valence-corrected chi connectivity index (χ0v) is 13.7. The van der Waals surface area contributed by atoms with Gasteiger partial charge in [0.15, 0.2) is 5.17 Å². The summed E-state index contributed by atoms with van der Waals surface area (Å²) in [6, 6.07) is 15.4. The molecule has 5 heteroatoms. The minimum Gasteiger partial charge on any atom is -0.496 e. The van der Waals surface area contributed by atoms with Crippen LogP contribution >= 0.6 is 11.8 Å². The van der Waals surface area contributed by atoms with Gasteiger partial charge in [-0.2, -0.15) is 0 Å². The molecule has 23 heavy (non-hydrogen) atoms. The van der Waals surface area contributed by atoms with Crippen LogP contribution in [-0.4, -0.2) is 18.2 Å². The molecule has 3 rings (SSSR count). The lowest BCUT2D eigenvalue weighted by molar-refractivity contribution is -0.115. The molecule has 0 bridgehead atoms. The fourth-order valence-corrected chi connectivity index (χ4v) is 2.98. The molecule has 2 aromatic carbocycles. The first-order chi connectivity index (χ1) is 11.2. The van der Waals surface area contributed by atoms with Crippen LogP contribution in [0.1, 0.15) is 11.1 Å². The van der Waals surface area contributed by atoms with Crippen LogP contribution in [0.3, 0.4) is 0 Å². The molecule has 116 valence electrons. The quantitative estimate of drug-likeness (QED) is 0.871. The third-order valence-corrected chi connectivity index (χ3v) is 4.25. The number of nitrogens with zero attached hydrogens (tertiary/aromatic N) is 1. The number of amides is 1. The van der Waals surface area contributed by atoms with Gasteiger partial charge >= 0.3 is 0 Å². The van der Waals surface area contributed by atoms with Crippen LogP contribution in [0.25, 0.3) is 6.08 Å². The number of carbonyl (C=O) groups excluding carboxylic acids is 1. The molecule has 0 radical (unpaired) electrons. The van der Waals surface area contributed by atoms with Gasteiger partial charge in [0.2, 0.25) is 0 Å². The van der Waals surface area contributed by atoms with Gasteiger partial charge in [0, 0.05) is 5.56 Å². The van der Waals surface area contributed by atoms with E-state index in [1.165, 1.54) is 17.3 Å². The molecule has 0 atom stereocenters. The average molecular weight is 324 g/mol. The Morgan fingerprint density at radius 2 is 1.87 bits per heavy atom. The van der Waals surface area contributed by atoms with E-state index in [1.54, 1.807) is 7.11 Å². The topological polar surface area (TPSA) is 50.7 Å². The summed E-state index contributed by atoms with van der Waals surface area (Å²) < 4.78 is 5.31. The second-order valence-corrected chi connectivity index (χ2v) is 6.09. The smallest absolute Gasteiger partial charge is 0.264 e. The molecule has 0 saturated carbocycles. The van der Waals surface area contributed by atoms with Gasteiger partial charge in [-0.1, -0.05) is 35.9 Å². The number of para-hydroxylation sites is 1. The van der Waals surface area contributed by atoms with Gasteiger partial charge < -0.3 is 10.1 Å². The summed E-state index contributed by atoms with van der Waals surface area (Å²) in [5.41, 5.74) is 2.86. The first kappa shape index (κ1) is 15.4. The highest BCUT2D eigenvalue weighted by Gasteiger charge is 2.24. The Labute approximate surface area is 139 Å². The van der Waals surface area contributed by atoms with Crippen LogP contribution in [0.15, 0.2) is 58.4 Å². The summed E-state index contributed by atoms with van der Waals surface area (Å²) in [5.74, 6) is 0.587. The maximum absolute atomic E-state index is 12.1. The summed E-state index contributed by atoms with van der Waals surface area (Å²) in [6.07, 6.45) is 1.82. The minimum atomic E-state index is -0.147. The van der Waals surface area contributed by atoms with Gasteiger partial charge in [0.05, 0.1) is 17.7 Å². The second kappa shape index (κ2) is 6.71. The number of rotatable bonds is 3. The number of nitrogens with one attached hydrogen (secondary N) is 1. The number of thioether (sulfide) groups is 1. The maximum Gasteiger partial charge on any atom is 0.264 e. The summed E-state index contributed by atoms with van der Waals surface area (Å²) in [6.45, 7) is 2.02. The summed E-state index contributed by atoms with van der Waals surface area (Å²) >= 11 is 1.33. The number of methoxy groups -OCH3 is 1. The first-order valence-electron chi connectivity index (χ1n) is 7.15. The molecular weight excluding hydrogens is 308 g/mol. The normalized spacial score (nSPS) is 17.6. The van der Waals surface area contributed by atoms with Crippen LogP contribution in [0.5, 0.6) is 5.75 Å². The average Bonchev–Trinajstić information content (AvgIpc) is 2.90. The van der Waals surface area contributed by atoms with Crippen molar-refractivity contribution >= 4 is 34.6 Å². The van der Waals surface area contributed by atoms with Gasteiger partial charge in [-0.25, -0.2) is 4.99 Å². The second-order valence-electron chi connectivity index (χ2n) is 5.06. The Bertz CT molecular complexity index is 795. The van der Waals surface area contributed by atoms with Crippen molar-refractivity contribution in [1.82, 2.24) is 5.32 Å². The Kier molecular flexibility index (Phi) is 4.48. The van der Waals surface area contributed by atoms with Gasteiger partial charge in [-0.05, 0) is 43.0 Å². The van der Waals surface area contributed by atoms with Crippen LogP contribution < -0.4 is 10.1 Å². The van der Waals surface area contributed by atoms with Gasteiger partial charge in [-0.3, -0.25) is 4.79 Å². The molecule has 1 saturated heterocycles. The molecule has 1 fully saturated rings. The van der Waals surface area contributed by atoms with Crippen molar-refractivity contribution in [2.45, 2.75) is 6.92 Å². The van der Waals surface area contributed by atoms with Gasteiger partial charge in [0.1, 0.15) is 5.75 Å². The molecule has 1 aliphatic rings. The zero-order valence-electron chi connectivity index (χ0n) is 12.9. The molecular formula is C18H16N2O2S. The molecule has 0 aromatic heterocycles. The molecule has 0 spiro atoms. The number of carbonyl (C=O) groups is 1. The number of aryl methyl sites for hydroxylation is 1. The predicted molar refractivity (Wildman–Crippen MR) is 95.0 cm³/mol. The third-order valence-electron chi connectivity index (χ3n) is 3.34. The summed E-state index contributed by atoms with van der Waals surface area (Å²) in [4.78, 5) is 17.2. The van der Waals surface area contributed by atoms with E-state index in [0.717, 1.165) is 17.0 Å². The van der Waals surface area contributed by atoms with Crippen molar-refractivity contribution in [1.29, 1.82) is 0 Å². The molecule has 1 N–H and O–H groups in total. The predicted octanol–water partition coefficient (Wildman–Crippen LogP) is 3.90. The number of ether oxygens (including phenoxy) is 1. The highest BCUT2D eigenvalue weighted by Crippen LogP contribution is 2.30. The van der Waals surface area contributed by atoms with E-state index in [4.69, 9.17) is 4.74 Å². The number of aliphatic imine (C=N–C) groups is 1. The van der Waals surface area contributed by atoms with E-state index in [-0.39, 0.29) is 5.91 Å². The highest BCUT2D eigenvalue weighted by molar-refractivity contribution is 8.18. The van der Waals surface area contributed by atoms with Crippen LogP contribution in [-0.2, 0) is 4.79 Å². The minimum absolute atomic E-state index is 0.147. The molecule has 2 aromatic rings. The third kappa shape index (κ3) is 3.63. The van der Waals surface area contributed by atoms with E-state index in [9.17, 15) is 4.79 Å². The van der Waals surface area contributed by atoms with Crippen molar-refractivity contribution in [2.24, 2.45) is 4.99 Å². The number of hydrogen-bond acceptors (Lipinski definition) is 4. The number of benzene rings is 2. The molecule has 1 aliphatic heterocycles. The lowest BCUT2D eigenvalue weighted by Crippen LogP contribution is -2.19. The van der Waals surface area contributed by atoms with Crippen molar-refractivity contribution in [3.05, 3.63) is 64.6 Å². The molecule has 1 amide bonds. The largest absolute Gasteiger partial charge is 0.496 e. The van der Waals surface area contributed by atoms with Crippen molar-refractivity contribution in [3.63, 3.8) is 0 Å². The van der Waals surface area contributed by atoms with E-state index >= 15 is 0 Å². The molecule has 1 heterocycles. The Hall–Kier alpha value is -2.53. The Morgan fingerprint density at radius 3 is 2.61 bits per heavy atom. The lowest BCUT2D eigenvalue weighted by Gasteiger charge is -2.03. The van der Waals surface area contributed by atoms with Crippen LogP contribution in [0.4, 0.5) is 5.69 Å². The number of hydrogen-bond donors (Lipinski definition) is 1. The molecule has 0 unspecified atom stereocenters. The van der Waals surface area contributed by atoms with Crippen LogP contribution in [0.2, 0.25) is 0 Å². The number of amidine groups is 1. The van der Waals surface area contributed by atoms with Gasteiger partial charge in [0.25, 0.3) is 5.91 Å². The standard InChI is InChI=1S/C18H16N2O2S/c1-12-7-9-14(10-8-12)19-18-20-17(21)16(23-18)11-13-5-3-4-6-15(13)22-2/h3-11H,1-2H3,(H,19,20,21). The Morgan fingerprint density at radius 1 is 1.13 bits per heavy atom. The highest BCUT2D eigenvalue weighted by atomic mass is 32.2. The van der Waals surface area contributed by atoms with Crippen molar-refractivity contribution in [3.8, 4) is 5.75 Å². The lowest BCUT2D eigenvalue weighted by atomic mass is 10.2. The molecule has 4 nitrogen and oxygen atoms in total. The van der Waals surface area contributed by atoms with Gasteiger partial charge in [-0.15, -0.1) is 0 Å². The van der Waals surface area contributed by atoms with Crippen molar-refractivity contribution < 1.29 is 9.53 Å². The monoisotopic (exact) mass is 324 g/mol. The fraction of sp³-hybridized carbons (Fsp3) is 0.111. The summed E-state index contributed by atoms with van der Waals surface area (Å²) in [5, 5.41) is 3.37. The van der Waals surface area contributed by atoms with E-state index in [0.29, 0.717) is 10.1 Å². The Balaban J connectivity index is 1.85. The van der Waals surface area contributed by atoms with Crippen molar-refractivity contribution in [2.75, 3.05) is 7.11 Å². The molecule has 0 aliphatic carbocycles. The van der Waals surface area contributed by atoms with E-state index < -0.39 is 0 Å². The maximum atomic E-state index is 12.1. The van der Waals surface area contributed by atoms with E-state index in [1.807, 2.05) is 61.5 Å². The van der Waals surface area contributed by atoms with Crippen LogP contribution in [0, 0.1) is 6.92 Å². The van der Waals surface area contributed by atoms with E-state index in [2.05, 4.69) is 10.3 Å². The summed E-state index contributed by atoms with van der Waals surface area (Å²) in [7, 11) is 1.61.